The van der Waals surface area contributed by atoms with Gasteiger partial charge in [-0.15, -0.1) is 0 Å². The van der Waals surface area contributed by atoms with Crippen LogP contribution >= 0.6 is 0 Å². The van der Waals surface area contributed by atoms with Crippen molar-refractivity contribution >= 4 is 21.6 Å². The second-order valence-corrected chi connectivity index (χ2v) is 7.45. The maximum Gasteiger partial charge on any atom is 0.192 e. The lowest BCUT2D eigenvalue weighted by molar-refractivity contribution is 0.602. The Morgan fingerprint density at radius 2 is 1.71 bits per heavy atom. The van der Waals surface area contributed by atoms with Crippen molar-refractivity contribution in [3.8, 4) is 6.07 Å². The lowest BCUT2D eigenvalue weighted by atomic mass is 10.2. The van der Waals surface area contributed by atoms with E-state index in [9.17, 15) is 18.1 Å². The first-order valence-electron chi connectivity index (χ1n) is 7.18. The minimum Gasteiger partial charge on any atom is -0.378 e. The lowest BCUT2D eigenvalue weighted by Gasteiger charge is -2.12. The zero-order valence-electron chi connectivity index (χ0n) is 13.4. The number of rotatable bonds is 5. The summed E-state index contributed by atoms with van der Waals surface area (Å²) in [7, 11) is 0.00714. The number of benzene rings is 2. The smallest absolute Gasteiger partial charge is 0.192 e. The molecule has 2 aromatic rings. The predicted octanol–water partition coefficient (Wildman–Crippen LogP) is 3.37. The molecule has 6 heteroatoms. The van der Waals surface area contributed by atoms with Crippen LogP contribution in [0.15, 0.2) is 53.4 Å². The normalized spacial score (nSPS) is 11.8. The van der Waals surface area contributed by atoms with Crippen LogP contribution < -0.4 is 4.90 Å². The van der Waals surface area contributed by atoms with E-state index in [4.69, 9.17) is 0 Å². The first-order chi connectivity index (χ1) is 11.3. The number of anilines is 1. The van der Waals surface area contributed by atoms with Crippen LogP contribution in [0.3, 0.4) is 0 Å². The first kappa shape index (κ1) is 17.7. The van der Waals surface area contributed by atoms with E-state index in [1.165, 1.54) is 30.3 Å². The highest BCUT2D eigenvalue weighted by atomic mass is 32.2. The second kappa shape index (κ2) is 7.28. The number of allylic oxidation sites excluding steroid dienone is 1. The molecule has 0 fully saturated rings. The molecule has 0 N–H and O–H groups in total. The topological polar surface area (TPSA) is 61.2 Å². The fourth-order valence-corrected chi connectivity index (χ4v) is 3.33. The van der Waals surface area contributed by atoms with Crippen LogP contribution in [-0.4, -0.2) is 22.5 Å². The van der Waals surface area contributed by atoms with Crippen LogP contribution in [0.1, 0.15) is 11.1 Å². The van der Waals surface area contributed by atoms with Crippen LogP contribution in [0, 0.1) is 17.1 Å². The molecule has 0 radical (unpaired) electrons. The Labute approximate surface area is 141 Å². The number of nitrogens with zero attached hydrogens (tertiary/aromatic N) is 2. The van der Waals surface area contributed by atoms with Crippen molar-refractivity contribution < 1.29 is 12.8 Å². The molecule has 0 spiro atoms. The highest BCUT2D eigenvalue weighted by Gasteiger charge is 2.18. The molecule has 0 aliphatic rings. The molecule has 2 rings (SSSR count). The Morgan fingerprint density at radius 1 is 1.12 bits per heavy atom. The fourth-order valence-electron chi connectivity index (χ4n) is 2.09. The Balaban J connectivity index is 2.28. The summed E-state index contributed by atoms with van der Waals surface area (Å²) >= 11 is 0. The third kappa shape index (κ3) is 4.43. The molecule has 0 amide bonds. The second-order valence-electron chi connectivity index (χ2n) is 5.49. The molecule has 0 unspecified atom stereocenters. The van der Waals surface area contributed by atoms with Crippen LogP contribution in [0.5, 0.6) is 0 Å². The molecule has 0 aliphatic carbocycles. The van der Waals surface area contributed by atoms with Gasteiger partial charge in [0.15, 0.2) is 9.84 Å². The number of hydrogen-bond acceptors (Lipinski definition) is 4. The third-order valence-corrected chi connectivity index (χ3v) is 5.02. The van der Waals surface area contributed by atoms with Gasteiger partial charge in [0, 0.05) is 19.8 Å². The summed E-state index contributed by atoms with van der Waals surface area (Å²) in [6, 6.07) is 14.1. The van der Waals surface area contributed by atoms with Crippen LogP contribution in [0.4, 0.5) is 10.1 Å². The van der Waals surface area contributed by atoms with Crippen LogP contribution in [0.25, 0.3) is 6.08 Å². The van der Waals surface area contributed by atoms with Crippen molar-refractivity contribution in [2.75, 3.05) is 19.0 Å². The molecule has 0 saturated carbocycles. The van der Waals surface area contributed by atoms with Gasteiger partial charge in [-0.05, 0) is 41.5 Å². The average Bonchev–Trinajstić information content (AvgIpc) is 2.54. The molecule has 124 valence electrons. The van der Waals surface area contributed by atoms with E-state index >= 15 is 0 Å². The molecule has 0 aliphatic heterocycles. The average molecular weight is 344 g/mol. The van der Waals surface area contributed by atoms with Crippen molar-refractivity contribution in [2.24, 2.45) is 0 Å². The molecule has 2 aromatic carbocycles. The summed E-state index contributed by atoms with van der Waals surface area (Å²) in [5.41, 5.74) is 2.03. The van der Waals surface area contributed by atoms with Crippen molar-refractivity contribution in [2.45, 2.75) is 5.75 Å². The quantitative estimate of drug-likeness (QED) is 0.780. The molecule has 24 heavy (non-hydrogen) atoms. The molecule has 0 aromatic heterocycles. The zero-order valence-corrected chi connectivity index (χ0v) is 14.2. The van der Waals surface area contributed by atoms with Crippen molar-refractivity contribution in [3.05, 3.63) is 70.4 Å². The largest absolute Gasteiger partial charge is 0.378 e. The van der Waals surface area contributed by atoms with Crippen LogP contribution in [-0.2, 0) is 15.6 Å². The Bertz CT molecular complexity index is 878. The summed E-state index contributed by atoms with van der Waals surface area (Å²) in [5.74, 6) is -0.782. The molecular formula is C18H17FN2O2S. The van der Waals surface area contributed by atoms with Crippen molar-refractivity contribution in [1.82, 2.24) is 0 Å². The highest BCUT2D eigenvalue weighted by Crippen LogP contribution is 2.19. The lowest BCUT2D eigenvalue weighted by Crippen LogP contribution is -2.08. The van der Waals surface area contributed by atoms with E-state index < -0.39 is 15.7 Å². The Morgan fingerprint density at radius 3 is 2.21 bits per heavy atom. The van der Waals surface area contributed by atoms with Gasteiger partial charge >= 0.3 is 0 Å². The maximum absolute atomic E-state index is 12.9. The summed E-state index contributed by atoms with van der Waals surface area (Å²) in [5, 5.41) is 9.22. The van der Waals surface area contributed by atoms with Crippen molar-refractivity contribution in [1.29, 1.82) is 5.26 Å². The summed E-state index contributed by atoms with van der Waals surface area (Å²) in [6.45, 7) is 0. The van der Waals surface area contributed by atoms with E-state index in [1.807, 2.05) is 31.1 Å². The zero-order chi connectivity index (χ0) is 17.7. The van der Waals surface area contributed by atoms with Gasteiger partial charge in [0.2, 0.25) is 0 Å². The van der Waals surface area contributed by atoms with Crippen LogP contribution in [0.2, 0.25) is 0 Å². The maximum atomic E-state index is 12.9. The number of hydrogen-bond donors (Lipinski definition) is 0. The fraction of sp³-hybridized carbons (Fsp3) is 0.167. The number of halogens is 1. The summed E-state index contributed by atoms with van der Waals surface area (Å²) in [4.78, 5) is 1.61. The predicted molar refractivity (Wildman–Crippen MR) is 93.4 cm³/mol. The first-order valence-corrected chi connectivity index (χ1v) is 8.83. The van der Waals surface area contributed by atoms with Gasteiger partial charge in [-0.25, -0.2) is 12.8 Å². The summed E-state index contributed by atoms with van der Waals surface area (Å²) in [6.07, 6.45) is 1.35. The number of sulfone groups is 1. The van der Waals surface area contributed by atoms with E-state index in [0.717, 1.165) is 5.69 Å². The molecular weight excluding hydrogens is 327 g/mol. The van der Waals surface area contributed by atoms with Gasteiger partial charge < -0.3 is 4.90 Å². The third-order valence-electron chi connectivity index (χ3n) is 3.42. The standard InChI is InChI=1S/C18H17FN2O2S/c1-21(2)17-9-5-14(6-10-17)11-18(12-20)24(22,23)13-15-3-7-16(19)8-4-15/h3-11H,13H2,1-2H3. The summed E-state index contributed by atoms with van der Waals surface area (Å²) < 4.78 is 37.7. The van der Waals surface area contributed by atoms with Gasteiger partial charge in [0.25, 0.3) is 0 Å². The molecule has 0 heterocycles. The van der Waals surface area contributed by atoms with Gasteiger partial charge in [-0.1, -0.05) is 24.3 Å². The van der Waals surface area contributed by atoms with Gasteiger partial charge in [0.05, 0.1) is 5.75 Å². The molecule has 0 bridgehead atoms. The molecule has 4 nitrogen and oxygen atoms in total. The van der Waals surface area contributed by atoms with Gasteiger partial charge in [0.1, 0.15) is 16.8 Å². The molecule has 0 atom stereocenters. The SMILES string of the molecule is CN(C)c1ccc(C=C(C#N)S(=O)(=O)Cc2ccc(F)cc2)cc1. The number of nitriles is 1. The van der Waals surface area contributed by atoms with E-state index in [1.54, 1.807) is 18.2 Å². The highest BCUT2D eigenvalue weighted by molar-refractivity contribution is 7.95. The molecule has 0 saturated heterocycles. The van der Waals surface area contributed by atoms with E-state index in [-0.39, 0.29) is 10.7 Å². The van der Waals surface area contributed by atoms with E-state index in [2.05, 4.69) is 0 Å². The monoisotopic (exact) mass is 344 g/mol. The van der Waals surface area contributed by atoms with Crippen molar-refractivity contribution in [3.63, 3.8) is 0 Å². The Kier molecular flexibility index (Phi) is 5.37. The van der Waals surface area contributed by atoms with E-state index in [0.29, 0.717) is 11.1 Å². The van der Waals surface area contributed by atoms with Gasteiger partial charge in [-0.2, -0.15) is 5.26 Å². The van der Waals surface area contributed by atoms with Gasteiger partial charge in [-0.3, -0.25) is 0 Å². The minimum absolute atomic E-state index is 0.315. The minimum atomic E-state index is -3.80. The Hall–Kier alpha value is -2.65.